The van der Waals surface area contributed by atoms with Crippen LogP contribution in [0.15, 0.2) is 40.8 Å². The lowest BCUT2D eigenvalue weighted by Gasteiger charge is -2.25. The molecule has 0 aliphatic carbocycles. The minimum Gasteiger partial charge on any atom is -0.437 e. The molecule has 3 heteroatoms. The van der Waals surface area contributed by atoms with E-state index in [2.05, 4.69) is 4.90 Å². The van der Waals surface area contributed by atoms with Gasteiger partial charge in [-0.2, -0.15) is 0 Å². The first-order valence-corrected chi connectivity index (χ1v) is 7.20. The maximum Gasteiger partial charge on any atom is 0.228 e. The third-order valence-electron chi connectivity index (χ3n) is 3.80. The normalized spacial score (nSPS) is 15.3. The Morgan fingerprint density at radius 1 is 1.00 bits per heavy atom. The van der Waals surface area contributed by atoms with Gasteiger partial charge in [0.05, 0.1) is 0 Å². The summed E-state index contributed by atoms with van der Waals surface area (Å²) in [4.78, 5) is 14.6. The van der Waals surface area contributed by atoms with E-state index in [-0.39, 0.29) is 5.78 Å². The number of nitrogens with zero attached hydrogens (tertiary/aromatic N) is 1. The number of furan rings is 1. The largest absolute Gasteiger partial charge is 0.437 e. The van der Waals surface area contributed by atoms with Crippen LogP contribution in [0.2, 0.25) is 0 Å². The lowest BCUT2D eigenvalue weighted by molar-refractivity contribution is 0.101. The molecule has 3 rings (SSSR count). The van der Waals surface area contributed by atoms with Crippen molar-refractivity contribution in [3.05, 3.63) is 53.3 Å². The van der Waals surface area contributed by atoms with E-state index in [1.807, 2.05) is 37.3 Å². The first-order valence-electron chi connectivity index (χ1n) is 7.20. The summed E-state index contributed by atoms with van der Waals surface area (Å²) in [5.41, 5.74) is 1.82. The average molecular weight is 269 g/mol. The molecule has 0 unspecified atom stereocenters. The summed E-state index contributed by atoms with van der Waals surface area (Å²) in [6.45, 7) is 4.05. The van der Waals surface area contributed by atoms with Crippen LogP contribution in [0.3, 0.4) is 0 Å². The topological polar surface area (TPSA) is 33.5 Å². The van der Waals surface area contributed by atoms with Gasteiger partial charge in [0.1, 0.15) is 0 Å². The number of ketones is 1. The van der Waals surface area contributed by atoms with Gasteiger partial charge in [0.25, 0.3) is 0 Å². The zero-order chi connectivity index (χ0) is 13.9. The molecule has 1 fully saturated rings. The van der Waals surface area contributed by atoms with Crippen molar-refractivity contribution in [2.45, 2.75) is 26.2 Å². The second kappa shape index (κ2) is 5.53. The number of carbonyl (C=O) groups is 1. The van der Waals surface area contributed by atoms with E-state index < -0.39 is 0 Å². The molecule has 1 saturated heterocycles. The van der Waals surface area contributed by atoms with Crippen LogP contribution in [-0.2, 0) is 0 Å². The van der Waals surface area contributed by atoms with Crippen LogP contribution in [0.5, 0.6) is 0 Å². The summed E-state index contributed by atoms with van der Waals surface area (Å²) in [6.07, 6.45) is 3.68. The van der Waals surface area contributed by atoms with Crippen LogP contribution < -0.4 is 4.90 Å². The summed E-state index contributed by atoms with van der Waals surface area (Å²) in [7, 11) is 0. The Kier molecular flexibility index (Phi) is 3.59. The molecule has 0 bridgehead atoms. The van der Waals surface area contributed by atoms with Crippen molar-refractivity contribution in [2.75, 3.05) is 18.0 Å². The lowest BCUT2D eigenvalue weighted by Crippen LogP contribution is -2.28. The fraction of sp³-hybridized carbons (Fsp3) is 0.353. The van der Waals surface area contributed by atoms with E-state index >= 15 is 0 Å². The number of benzene rings is 1. The number of hydrogen-bond acceptors (Lipinski definition) is 3. The first kappa shape index (κ1) is 13.0. The SMILES string of the molecule is Cc1ccc(C(=O)c2ccc(N3CCCCC3)o2)cc1. The predicted molar refractivity (Wildman–Crippen MR) is 79.4 cm³/mol. The molecule has 1 aromatic heterocycles. The van der Waals surface area contributed by atoms with Crippen molar-refractivity contribution in [1.29, 1.82) is 0 Å². The van der Waals surface area contributed by atoms with Crippen molar-refractivity contribution >= 4 is 11.7 Å². The van der Waals surface area contributed by atoms with Gasteiger partial charge < -0.3 is 9.32 Å². The number of carbonyl (C=O) groups excluding carboxylic acids is 1. The summed E-state index contributed by atoms with van der Waals surface area (Å²) in [5.74, 6) is 1.20. The highest BCUT2D eigenvalue weighted by Crippen LogP contribution is 2.24. The smallest absolute Gasteiger partial charge is 0.228 e. The predicted octanol–water partition coefficient (Wildman–Crippen LogP) is 3.81. The molecule has 2 aromatic rings. The monoisotopic (exact) mass is 269 g/mol. The lowest BCUT2D eigenvalue weighted by atomic mass is 10.1. The molecule has 0 amide bonds. The standard InChI is InChI=1S/C17H19NO2/c1-13-5-7-14(8-6-13)17(19)15-9-10-16(20-15)18-11-3-2-4-12-18/h5-10H,2-4,11-12H2,1H3. The van der Waals surface area contributed by atoms with Crippen LogP contribution >= 0.6 is 0 Å². The van der Waals surface area contributed by atoms with Gasteiger partial charge >= 0.3 is 0 Å². The molecule has 1 aromatic carbocycles. The number of hydrogen-bond donors (Lipinski definition) is 0. The van der Waals surface area contributed by atoms with Crippen molar-refractivity contribution in [1.82, 2.24) is 0 Å². The van der Waals surface area contributed by atoms with Crippen molar-refractivity contribution in [3.8, 4) is 0 Å². The van der Waals surface area contributed by atoms with Gasteiger partial charge in [-0.25, -0.2) is 0 Å². The van der Waals surface area contributed by atoms with Gasteiger partial charge in [0.2, 0.25) is 5.78 Å². The number of anilines is 1. The molecular formula is C17H19NO2. The zero-order valence-electron chi connectivity index (χ0n) is 11.8. The van der Waals surface area contributed by atoms with Crippen LogP contribution in [0.25, 0.3) is 0 Å². The quantitative estimate of drug-likeness (QED) is 0.794. The Hall–Kier alpha value is -2.03. The van der Waals surface area contributed by atoms with Crippen molar-refractivity contribution in [3.63, 3.8) is 0 Å². The van der Waals surface area contributed by atoms with Crippen LogP contribution in [0.1, 0.15) is 40.9 Å². The van der Waals surface area contributed by atoms with Gasteiger partial charge in [0.15, 0.2) is 11.6 Å². The molecule has 0 radical (unpaired) electrons. The molecule has 1 aliphatic rings. The number of rotatable bonds is 3. The highest BCUT2D eigenvalue weighted by Gasteiger charge is 2.18. The molecule has 0 N–H and O–H groups in total. The Bertz CT molecular complexity index is 592. The Balaban J connectivity index is 1.78. The van der Waals surface area contributed by atoms with E-state index in [4.69, 9.17) is 4.42 Å². The summed E-state index contributed by atoms with van der Waals surface area (Å²) in [6, 6.07) is 11.3. The molecule has 3 nitrogen and oxygen atoms in total. The second-order valence-corrected chi connectivity index (χ2v) is 5.38. The van der Waals surface area contributed by atoms with Gasteiger partial charge in [0, 0.05) is 24.7 Å². The van der Waals surface area contributed by atoms with Gasteiger partial charge in [-0.05, 0) is 32.3 Å². The third kappa shape index (κ3) is 2.62. The Morgan fingerprint density at radius 3 is 2.40 bits per heavy atom. The van der Waals surface area contributed by atoms with E-state index in [1.54, 1.807) is 6.07 Å². The van der Waals surface area contributed by atoms with Crippen molar-refractivity contribution in [2.24, 2.45) is 0 Å². The molecule has 0 spiro atoms. The third-order valence-corrected chi connectivity index (χ3v) is 3.80. The molecular weight excluding hydrogens is 250 g/mol. The summed E-state index contributed by atoms with van der Waals surface area (Å²) < 4.78 is 5.75. The highest BCUT2D eigenvalue weighted by atomic mass is 16.4. The van der Waals surface area contributed by atoms with Crippen LogP contribution in [-0.4, -0.2) is 18.9 Å². The second-order valence-electron chi connectivity index (χ2n) is 5.38. The highest BCUT2D eigenvalue weighted by molar-refractivity contribution is 6.07. The first-order chi connectivity index (χ1) is 9.74. The molecule has 2 heterocycles. The Labute approximate surface area is 119 Å². The summed E-state index contributed by atoms with van der Waals surface area (Å²) >= 11 is 0. The molecule has 104 valence electrons. The summed E-state index contributed by atoms with van der Waals surface area (Å²) in [5, 5.41) is 0. The average Bonchev–Trinajstić information content (AvgIpc) is 2.98. The number of piperidine rings is 1. The fourth-order valence-corrected chi connectivity index (χ4v) is 2.58. The molecule has 0 saturated carbocycles. The molecule has 20 heavy (non-hydrogen) atoms. The van der Waals surface area contributed by atoms with Crippen LogP contribution in [0, 0.1) is 6.92 Å². The maximum atomic E-state index is 12.3. The number of aryl methyl sites for hydroxylation is 1. The van der Waals surface area contributed by atoms with Crippen molar-refractivity contribution < 1.29 is 9.21 Å². The van der Waals surface area contributed by atoms with Crippen LogP contribution in [0.4, 0.5) is 5.88 Å². The Morgan fingerprint density at radius 2 is 1.70 bits per heavy atom. The molecule has 0 atom stereocenters. The zero-order valence-corrected chi connectivity index (χ0v) is 11.8. The molecule has 1 aliphatic heterocycles. The van der Waals surface area contributed by atoms with E-state index in [0.29, 0.717) is 11.3 Å². The minimum absolute atomic E-state index is 0.0479. The van der Waals surface area contributed by atoms with Gasteiger partial charge in [-0.15, -0.1) is 0 Å². The minimum atomic E-state index is -0.0479. The maximum absolute atomic E-state index is 12.3. The van der Waals surface area contributed by atoms with E-state index in [9.17, 15) is 4.79 Å². The van der Waals surface area contributed by atoms with E-state index in [1.165, 1.54) is 19.3 Å². The van der Waals surface area contributed by atoms with E-state index in [0.717, 1.165) is 24.5 Å². The van der Waals surface area contributed by atoms with Gasteiger partial charge in [-0.1, -0.05) is 29.8 Å². The van der Waals surface area contributed by atoms with Gasteiger partial charge in [-0.3, -0.25) is 4.79 Å². The fourth-order valence-electron chi connectivity index (χ4n) is 2.58.